The second-order valence-corrected chi connectivity index (χ2v) is 7.57. The fraction of sp³-hybridized carbons (Fsp3) is 0.286. The Labute approximate surface area is 169 Å². The number of benzene rings is 2. The van der Waals surface area contributed by atoms with Gasteiger partial charge in [0.15, 0.2) is 11.0 Å². The summed E-state index contributed by atoms with van der Waals surface area (Å²) in [5.41, 5.74) is 1.83. The van der Waals surface area contributed by atoms with Crippen LogP contribution in [0.3, 0.4) is 0 Å². The Morgan fingerprint density at radius 2 is 1.96 bits per heavy atom. The van der Waals surface area contributed by atoms with Gasteiger partial charge in [-0.3, -0.25) is 9.36 Å². The summed E-state index contributed by atoms with van der Waals surface area (Å²) in [5.74, 6) is 1.45. The highest BCUT2D eigenvalue weighted by Crippen LogP contribution is 2.31. The van der Waals surface area contributed by atoms with Crippen LogP contribution < -0.4 is 10.1 Å². The van der Waals surface area contributed by atoms with Gasteiger partial charge in [-0.2, -0.15) is 0 Å². The maximum absolute atomic E-state index is 12.3. The van der Waals surface area contributed by atoms with Crippen LogP contribution in [-0.4, -0.2) is 39.6 Å². The maximum atomic E-state index is 12.3. The van der Waals surface area contributed by atoms with Crippen LogP contribution in [0.25, 0.3) is 17.1 Å². The van der Waals surface area contributed by atoms with Gasteiger partial charge in [-0.15, -0.1) is 10.2 Å². The lowest BCUT2D eigenvalue weighted by Gasteiger charge is -2.14. The molecule has 3 aromatic rings. The van der Waals surface area contributed by atoms with E-state index < -0.39 is 0 Å². The number of para-hydroxylation sites is 1. The van der Waals surface area contributed by atoms with Gasteiger partial charge < -0.3 is 10.1 Å². The Morgan fingerprint density at radius 1 is 1.18 bits per heavy atom. The predicted octanol–water partition coefficient (Wildman–Crippen LogP) is 3.95. The topological polar surface area (TPSA) is 69.0 Å². The molecule has 0 radical (unpaired) electrons. The smallest absolute Gasteiger partial charge is 0.233 e. The molecule has 28 heavy (non-hydrogen) atoms. The summed E-state index contributed by atoms with van der Waals surface area (Å²) in [4.78, 5) is 12.3. The number of ether oxygens (including phenoxy) is 1. The summed E-state index contributed by atoms with van der Waals surface area (Å²) in [6.45, 7) is 4.58. The number of amides is 1. The summed E-state index contributed by atoms with van der Waals surface area (Å²) in [7, 11) is 1.64. The van der Waals surface area contributed by atoms with Gasteiger partial charge in [0, 0.05) is 17.8 Å². The van der Waals surface area contributed by atoms with Gasteiger partial charge >= 0.3 is 0 Å². The van der Waals surface area contributed by atoms with Crippen LogP contribution in [0.15, 0.2) is 59.8 Å². The number of carbonyl (C=O) groups excluding carboxylic acids is 1. The number of hydrogen-bond donors (Lipinski definition) is 1. The van der Waals surface area contributed by atoms with Crippen LogP contribution in [0.4, 0.5) is 0 Å². The number of rotatable bonds is 8. The molecule has 0 saturated heterocycles. The summed E-state index contributed by atoms with van der Waals surface area (Å²) >= 11 is 1.40. The zero-order chi connectivity index (χ0) is 19.9. The second kappa shape index (κ2) is 9.41. The molecule has 146 valence electrons. The zero-order valence-electron chi connectivity index (χ0n) is 16.3. The van der Waals surface area contributed by atoms with Crippen molar-refractivity contribution in [2.45, 2.75) is 30.7 Å². The van der Waals surface area contributed by atoms with Crippen LogP contribution in [0.2, 0.25) is 0 Å². The van der Waals surface area contributed by atoms with E-state index in [0.717, 1.165) is 23.4 Å². The highest BCUT2D eigenvalue weighted by molar-refractivity contribution is 8.00. The van der Waals surface area contributed by atoms with E-state index in [1.165, 1.54) is 11.8 Å². The van der Waals surface area contributed by atoms with Gasteiger partial charge in [0.05, 0.1) is 12.4 Å². The highest BCUT2D eigenvalue weighted by atomic mass is 32.2. The van der Waals surface area contributed by atoms with Gasteiger partial charge in [-0.25, -0.2) is 0 Å². The van der Waals surface area contributed by atoms with E-state index in [2.05, 4.69) is 15.5 Å². The summed E-state index contributed by atoms with van der Waals surface area (Å²) in [6, 6.07) is 17.6. The van der Waals surface area contributed by atoms with Crippen LogP contribution in [0.5, 0.6) is 5.75 Å². The van der Waals surface area contributed by atoms with Crippen molar-refractivity contribution in [3.63, 3.8) is 0 Å². The van der Waals surface area contributed by atoms with E-state index in [0.29, 0.717) is 17.5 Å². The van der Waals surface area contributed by atoms with Crippen molar-refractivity contribution in [3.05, 3.63) is 54.6 Å². The minimum Gasteiger partial charge on any atom is -0.497 e. The molecule has 0 fully saturated rings. The average Bonchev–Trinajstić information content (AvgIpc) is 3.16. The molecular weight excluding hydrogens is 372 g/mol. The molecule has 7 heteroatoms. The van der Waals surface area contributed by atoms with E-state index in [4.69, 9.17) is 4.74 Å². The van der Waals surface area contributed by atoms with Gasteiger partial charge in [-0.05, 0) is 37.6 Å². The van der Waals surface area contributed by atoms with Crippen molar-refractivity contribution in [2.24, 2.45) is 0 Å². The summed E-state index contributed by atoms with van der Waals surface area (Å²) < 4.78 is 7.32. The van der Waals surface area contributed by atoms with E-state index >= 15 is 0 Å². The molecule has 3 rings (SSSR count). The minimum absolute atomic E-state index is 0.00241. The molecule has 1 aromatic heterocycles. The molecule has 1 unspecified atom stereocenters. The Balaban J connectivity index is 1.99. The fourth-order valence-electron chi connectivity index (χ4n) is 2.71. The quantitative estimate of drug-likeness (QED) is 0.584. The molecule has 1 atom stereocenters. The molecule has 0 aliphatic rings. The molecule has 0 bridgehead atoms. The monoisotopic (exact) mass is 396 g/mol. The third-order valence-electron chi connectivity index (χ3n) is 4.18. The Morgan fingerprint density at radius 3 is 2.68 bits per heavy atom. The van der Waals surface area contributed by atoms with Crippen LogP contribution in [0, 0.1) is 0 Å². The van der Waals surface area contributed by atoms with Crippen LogP contribution in [-0.2, 0) is 4.79 Å². The predicted molar refractivity (Wildman–Crippen MR) is 112 cm³/mol. The van der Waals surface area contributed by atoms with Gasteiger partial charge in [0.25, 0.3) is 0 Å². The van der Waals surface area contributed by atoms with Crippen molar-refractivity contribution in [2.75, 3.05) is 13.7 Å². The number of thioether (sulfide) groups is 1. The molecule has 0 aliphatic heterocycles. The molecular formula is C21H24N4O2S. The van der Waals surface area contributed by atoms with Gasteiger partial charge in [0.1, 0.15) is 5.75 Å². The standard InChI is InChI=1S/C21H24N4O2S/c1-4-13-22-20(26)15(2)28-21-24-23-19(16-9-8-12-18(14-16)27-3)25(21)17-10-6-5-7-11-17/h5-12,14-15H,4,13H2,1-3H3,(H,22,26). The largest absolute Gasteiger partial charge is 0.497 e. The normalized spacial score (nSPS) is 11.8. The maximum Gasteiger partial charge on any atom is 0.233 e. The molecule has 2 aromatic carbocycles. The second-order valence-electron chi connectivity index (χ2n) is 6.26. The first kappa shape index (κ1) is 19.9. The third kappa shape index (κ3) is 4.54. The number of aromatic nitrogens is 3. The van der Waals surface area contributed by atoms with Crippen molar-refractivity contribution < 1.29 is 9.53 Å². The summed E-state index contributed by atoms with van der Waals surface area (Å²) in [6.07, 6.45) is 0.906. The van der Waals surface area contributed by atoms with Gasteiger partial charge in [-0.1, -0.05) is 49.0 Å². The molecule has 1 N–H and O–H groups in total. The number of carbonyl (C=O) groups is 1. The highest BCUT2D eigenvalue weighted by Gasteiger charge is 2.21. The molecule has 1 heterocycles. The number of hydrogen-bond acceptors (Lipinski definition) is 5. The van der Waals surface area contributed by atoms with Crippen LogP contribution in [0.1, 0.15) is 20.3 Å². The first-order valence-electron chi connectivity index (χ1n) is 9.23. The molecule has 6 nitrogen and oxygen atoms in total. The zero-order valence-corrected chi connectivity index (χ0v) is 17.1. The number of nitrogens with one attached hydrogen (secondary N) is 1. The molecule has 0 spiro atoms. The first-order chi connectivity index (χ1) is 13.6. The van der Waals surface area contributed by atoms with Crippen molar-refractivity contribution in [1.29, 1.82) is 0 Å². The fourth-order valence-corrected chi connectivity index (χ4v) is 3.60. The van der Waals surface area contributed by atoms with Crippen LogP contribution >= 0.6 is 11.8 Å². The van der Waals surface area contributed by atoms with Crippen molar-refractivity contribution >= 4 is 17.7 Å². The third-order valence-corrected chi connectivity index (χ3v) is 5.22. The average molecular weight is 397 g/mol. The lowest BCUT2D eigenvalue weighted by atomic mass is 10.2. The Bertz CT molecular complexity index is 927. The SMILES string of the molecule is CCCNC(=O)C(C)Sc1nnc(-c2cccc(OC)c2)n1-c1ccccc1. The van der Waals surface area contributed by atoms with E-state index in [1.54, 1.807) is 7.11 Å². The Hall–Kier alpha value is -2.80. The lowest BCUT2D eigenvalue weighted by Crippen LogP contribution is -2.31. The molecule has 0 saturated carbocycles. The molecule has 0 aliphatic carbocycles. The minimum atomic E-state index is -0.281. The van der Waals surface area contributed by atoms with E-state index in [-0.39, 0.29) is 11.2 Å². The van der Waals surface area contributed by atoms with E-state index in [1.807, 2.05) is 73.0 Å². The van der Waals surface area contributed by atoms with Crippen molar-refractivity contribution in [1.82, 2.24) is 20.1 Å². The molecule has 1 amide bonds. The Kier molecular flexibility index (Phi) is 6.71. The van der Waals surface area contributed by atoms with E-state index in [9.17, 15) is 4.79 Å². The number of methoxy groups -OCH3 is 1. The number of nitrogens with zero attached hydrogens (tertiary/aromatic N) is 3. The lowest BCUT2D eigenvalue weighted by molar-refractivity contribution is -0.120. The summed E-state index contributed by atoms with van der Waals surface area (Å²) in [5, 5.41) is 12.1. The first-order valence-corrected chi connectivity index (χ1v) is 10.1. The van der Waals surface area contributed by atoms with Crippen molar-refractivity contribution in [3.8, 4) is 22.8 Å². The van der Waals surface area contributed by atoms with Gasteiger partial charge in [0.2, 0.25) is 5.91 Å².